The first-order valence-corrected chi connectivity index (χ1v) is 14.7. The number of Topliss-reactive ketones (excluding diaryl/α,β-unsaturated/α-hetero) is 1. The number of hydrogen-bond donors (Lipinski definition) is 2. The molecular weight excluding hydrogens is 471 g/mol. The fourth-order valence-electron chi connectivity index (χ4n) is 3.89. The van der Waals surface area contributed by atoms with Crippen LogP contribution < -0.4 is 10.6 Å². The van der Waals surface area contributed by atoms with Crippen molar-refractivity contribution < 1.29 is 33.0 Å². The summed E-state index contributed by atoms with van der Waals surface area (Å²) in [6.45, 7) is 13.8. The molecule has 2 fully saturated rings. The SMILES string of the molecule is CC.CC(C)(C)C(=O)CCCP1(=O)C[C@@H](C(=O)NCCC(=O)OCC2CCC(=O)N2)C(C)(C)CO1. The molecule has 2 aliphatic heterocycles. The Balaban J connectivity index is 0.00000298. The molecule has 10 heteroatoms. The Kier molecular flexibility index (Phi) is 12.1. The molecule has 3 atom stereocenters. The van der Waals surface area contributed by atoms with E-state index in [9.17, 15) is 23.7 Å². The standard InChI is InChI=1S/C23H39N2O7P.C2H6/c1-22(2,3)18(26)7-6-12-33(30)14-17(23(4,5)15-32-33)21(29)24-11-10-20(28)31-13-16-8-9-19(27)25-16;1-2/h16-17H,6-15H2,1-5H3,(H,24,29)(H,25,27);1-2H3/t16?,17-,33?;/m0./s1. The van der Waals surface area contributed by atoms with E-state index in [-0.39, 0.29) is 62.1 Å². The molecule has 0 bridgehead atoms. The summed E-state index contributed by atoms with van der Waals surface area (Å²) >= 11 is 0. The lowest BCUT2D eigenvalue weighted by molar-refractivity contribution is -0.144. The van der Waals surface area contributed by atoms with Crippen molar-refractivity contribution in [2.75, 3.05) is 32.1 Å². The molecule has 202 valence electrons. The second-order valence-corrected chi connectivity index (χ2v) is 13.5. The number of carbonyl (C=O) groups excluding carboxylic acids is 4. The highest BCUT2D eigenvalue weighted by molar-refractivity contribution is 7.59. The lowest BCUT2D eigenvalue weighted by Crippen LogP contribution is -2.46. The molecule has 2 aliphatic rings. The molecule has 35 heavy (non-hydrogen) atoms. The number of nitrogens with one attached hydrogen (secondary N) is 2. The minimum absolute atomic E-state index is 0.0165. The van der Waals surface area contributed by atoms with Gasteiger partial charge < -0.3 is 19.9 Å². The maximum Gasteiger partial charge on any atom is 0.307 e. The van der Waals surface area contributed by atoms with Crippen LogP contribution in [0.15, 0.2) is 0 Å². The number of hydrogen-bond acceptors (Lipinski definition) is 7. The lowest BCUT2D eigenvalue weighted by Gasteiger charge is -2.41. The summed E-state index contributed by atoms with van der Waals surface area (Å²) in [6, 6.07) is -0.146. The van der Waals surface area contributed by atoms with Crippen molar-refractivity contribution in [3.05, 3.63) is 0 Å². The Morgan fingerprint density at radius 2 is 1.86 bits per heavy atom. The molecule has 0 radical (unpaired) electrons. The molecule has 0 aliphatic carbocycles. The molecule has 0 aromatic carbocycles. The average Bonchev–Trinajstić information content (AvgIpc) is 3.20. The molecule has 2 rings (SSSR count). The van der Waals surface area contributed by atoms with Gasteiger partial charge in [0.05, 0.1) is 25.0 Å². The zero-order valence-corrected chi connectivity index (χ0v) is 23.4. The van der Waals surface area contributed by atoms with Gasteiger partial charge in [0.1, 0.15) is 12.4 Å². The lowest BCUT2D eigenvalue weighted by atomic mass is 9.80. The zero-order valence-electron chi connectivity index (χ0n) is 22.5. The van der Waals surface area contributed by atoms with Crippen molar-refractivity contribution in [3.63, 3.8) is 0 Å². The van der Waals surface area contributed by atoms with E-state index in [4.69, 9.17) is 9.26 Å². The molecule has 9 nitrogen and oxygen atoms in total. The van der Waals surface area contributed by atoms with Crippen molar-refractivity contribution in [3.8, 4) is 0 Å². The van der Waals surface area contributed by atoms with Gasteiger partial charge in [0.25, 0.3) is 0 Å². The minimum atomic E-state index is -3.03. The summed E-state index contributed by atoms with van der Waals surface area (Å²) in [5.74, 6) is -1.15. The zero-order chi connectivity index (χ0) is 26.9. The Morgan fingerprint density at radius 3 is 2.43 bits per heavy atom. The van der Waals surface area contributed by atoms with Crippen LogP contribution in [-0.4, -0.2) is 61.7 Å². The topological polar surface area (TPSA) is 128 Å². The van der Waals surface area contributed by atoms with Gasteiger partial charge in [-0.1, -0.05) is 48.5 Å². The molecule has 2 N–H and O–H groups in total. The van der Waals surface area contributed by atoms with Crippen LogP contribution >= 0.6 is 7.37 Å². The molecule has 0 saturated carbocycles. The highest BCUT2D eigenvalue weighted by atomic mass is 31.2. The number of carbonyl (C=O) groups is 4. The monoisotopic (exact) mass is 516 g/mol. The second kappa shape index (κ2) is 13.5. The predicted octanol–water partition coefficient (Wildman–Crippen LogP) is 3.69. The van der Waals surface area contributed by atoms with Crippen LogP contribution in [-0.2, 0) is 33.0 Å². The molecule has 0 spiro atoms. The number of amides is 2. The van der Waals surface area contributed by atoms with Crippen LogP contribution in [0.25, 0.3) is 0 Å². The van der Waals surface area contributed by atoms with E-state index in [1.807, 2.05) is 48.5 Å². The third-order valence-electron chi connectivity index (χ3n) is 6.29. The highest BCUT2D eigenvalue weighted by Crippen LogP contribution is 2.57. The van der Waals surface area contributed by atoms with Gasteiger partial charge in [-0.25, -0.2) is 0 Å². The number of ketones is 1. The highest BCUT2D eigenvalue weighted by Gasteiger charge is 2.46. The van der Waals surface area contributed by atoms with Gasteiger partial charge in [0, 0.05) is 42.5 Å². The van der Waals surface area contributed by atoms with Gasteiger partial charge in [0.15, 0.2) is 0 Å². The molecule has 0 aromatic heterocycles. The van der Waals surface area contributed by atoms with Gasteiger partial charge >= 0.3 is 5.97 Å². The number of rotatable bonds is 10. The molecule has 2 amide bonds. The van der Waals surface area contributed by atoms with Crippen molar-refractivity contribution in [1.29, 1.82) is 0 Å². The normalized spacial score (nSPS) is 25.6. The van der Waals surface area contributed by atoms with E-state index in [0.29, 0.717) is 25.7 Å². The Hall–Kier alpha value is -1.73. The van der Waals surface area contributed by atoms with Crippen LogP contribution in [0.4, 0.5) is 0 Å². The summed E-state index contributed by atoms with van der Waals surface area (Å²) < 4.78 is 24.2. The van der Waals surface area contributed by atoms with Crippen LogP contribution in [0, 0.1) is 16.7 Å². The second-order valence-electron chi connectivity index (χ2n) is 10.8. The summed E-state index contributed by atoms with van der Waals surface area (Å²) in [5, 5.41) is 5.49. The van der Waals surface area contributed by atoms with Gasteiger partial charge in [-0.2, -0.15) is 0 Å². The summed E-state index contributed by atoms with van der Waals surface area (Å²) in [7, 11) is -3.03. The summed E-state index contributed by atoms with van der Waals surface area (Å²) in [6.07, 6.45) is 2.31. The average molecular weight is 517 g/mol. The molecule has 2 heterocycles. The van der Waals surface area contributed by atoms with Crippen molar-refractivity contribution in [1.82, 2.24) is 10.6 Å². The van der Waals surface area contributed by atoms with Crippen LogP contribution in [0.1, 0.15) is 80.6 Å². The maximum absolute atomic E-state index is 13.3. The largest absolute Gasteiger partial charge is 0.463 e. The van der Waals surface area contributed by atoms with Gasteiger partial charge in [-0.05, 0) is 12.8 Å². The third-order valence-corrected chi connectivity index (χ3v) is 8.81. The van der Waals surface area contributed by atoms with E-state index in [0.717, 1.165) is 0 Å². The smallest absolute Gasteiger partial charge is 0.307 e. The maximum atomic E-state index is 13.3. The molecule has 2 unspecified atom stereocenters. The van der Waals surface area contributed by atoms with Gasteiger partial charge in [-0.15, -0.1) is 0 Å². The van der Waals surface area contributed by atoms with Crippen molar-refractivity contribution >= 4 is 30.9 Å². The fourth-order valence-corrected chi connectivity index (χ4v) is 6.73. The van der Waals surface area contributed by atoms with Gasteiger partial charge in [0.2, 0.25) is 19.2 Å². The Morgan fingerprint density at radius 1 is 1.20 bits per heavy atom. The first-order valence-electron chi connectivity index (χ1n) is 12.7. The molecular formula is C25H45N2O7P. The number of ether oxygens (including phenoxy) is 1. The molecule has 0 aromatic rings. The fraction of sp³-hybridized carbons (Fsp3) is 0.840. The van der Waals surface area contributed by atoms with E-state index < -0.39 is 30.1 Å². The molecule has 2 saturated heterocycles. The van der Waals surface area contributed by atoms with E-state index in [1.165, 1.54) is 0 Å². The van der Waals surface area contributed by atoms with Gasteiger partial charge in [-0.3, -0.25) is 23.7 Å². The van der Waals surface area contributed by atoms with Crippen LogP contribution in [0.5, 0.6) is 0 Å². The first-order chi connectivity index (χ1) is 16.2. The van der Waals surface area contributed by atoms with E-state index in [1.54, 1.807) is 0 Å². The third kappa shape index (κ3) is 10.4. The quantitative estimate of drug-likeness (QED) is 0.335. The first kappa shape index (κ1) is 31.3. The van der Waals surface area contributed by atoms with E-state index in [2.05, 4.69) is 10.6 Å². The summed E-state index contributed by atoms with van der Waals surface area (Å²) in [4.78, 5) is 48.1. The minimum Gasteiger partial charge on any atom is -0.463 e. The summed E-state index contributed by atoms with van der Waals surface area (Å²) in [5.41, 5.74) is -0.932. The van der Waals surface area contributed by atoms with E-state index >= 15 is 0 Å². The van der Waals surface area contributed by atoms with Crippen LogP contribution in [0.3, 0.4) is 0 Å². The number of esters is 1. The van der Waals surface area contributed by atoms with Crippen molar-refractivity contribution in [2.24, 2.45) is 16.7 Å². The predicted molar refractivity (Wildman–Crippen MR) is 135 cm³/mol. The van der Waals surface area contributed by atoms with Crippen LogP contribution in [0.2, 0.25) is 0 Å². The Labute approximate surface area is 210 Å². The van der Waals surface area contributed by atoms with Crippen molar-refractivity contribution in [2.45, 2.75) is 86.6 Å². The Bertz CT molecular complexity index is 804.